The molecule has 0 aromatic heterocycles. The number of carboxylic acids is 1. The minimum atomic E-state index is -0.785. The number of carboxylic acid groups (broad SMARTS) is 1. The molecule has 3 nitrogen and oxygen atoms in total. The quantitative estimate of drug-likeness (QED) is 0.878. The zero-order valence-corrected chi connectivity index (χ0v) is 15.9. The van der Waals surface area contributed by atoms with Gasteiger partial charge in [0, 0.05) is 25.1 Å². The molecule has 0 aliphatic carbocycles. The van der Waals surface area contributed by atoms with Gasteiger partial charge in [0.2, 0.25) is 0 Å². The Morgan fingerprint density at radius 2 is 1.48 bits per heavy atom. The van der Waals surface area contributed by atoms with E-state index in [0.29, 0.717) is 6.54 Å². The Kier molecular flexibility index (Phi) is 18.7. The van der Waals surface area contributed by atoms with Crippen molar-refractivity contribution in [3.63, 3.8) is 0 Å². The second-order valence-electron chi connectivity index (χ2n) is 4.10. The molecule has 0 fully saturated rings. The standard InChI is InChI=1S/C13H19NO2.2C2H6.V/c1-4-11-5-7-12(8-6-11)9-14(3)10(2)13(15)16;2*1-2;/h5-8,10H,4,9H2,1-3H3,(H,15,16);2*1-2H3;. The van der Waals surface area contributed by atoms with Gasteiger partial charge in [-0.3, -0.25) is 9.69 Å². The van der Waals surface area contributed by atoms with E-state index in [9.17, 15) is 4.79 Å². The molecule has 0 bridgehead atoms. The predicted octanol–water partition coefficient (Wildman–Crippen LogP) is 4.20. The number of benzene rings is 1. The summed E-state index contributed by atoms with van der Waals surface area (Å²) in [6.07, 6.45) is 1.03. The molecule has 0 saturated heterocycles. The molecule has 0 spiro atoms. The van der Waals surface area contributed by atoms with Crippen molar-refractivity contribution < 1.29 is 28.5 Å². The van der Waals surface area contributed by atoms with Gasteiger partial charge in [-0.05, 0) is 31.5 Å². The van der Waals surface area contributed by atoms with Crippen LogP contribution in [0, 0.1) is 0 Å². The number of hydrogen-bond donors (Lipinski definition) is 1. The molecule has 1 rings (SSSR count). The van der Waals surface area contributed by atoms with Crippen LogP contribution < -0.4 is 0 Å². The second kappa shape index (κ2) is 15.6. The number of likely N-dealkylation sites (N-methyl/N-ethyl adjacent to an activating group) is 1. The van der Waals surface area contributed by atoms with Crippen LogP contribution in [0.25, 0.3) is 0 Å². The van der Waals surface area contributed by atoms with Crippen molar-refractivity contribution in [3.8, 4) is 0 Å². The Morgan fingerprint density at radius 3 is 1.81 bits per heavy atom. The monoisotopic (exact) mass is 332 g/mol. The fraction of sp³-hybridized carbons (Fsp3) is 0.588. The fourth-order valence-corrected chi connectivity index (χ4v) is 1.49. The maximum absolute atomic E-state index is 10.8. The number of hydrogen-bond acceptors (Lipinski definition) is 2. The molecule has 0 heterocycles. The molecule has 0 aliphatic rings. The summed E-state index contributed by atoms with van der Waals surface area (Å²) >= 11 is 0. The Balaban J connectivity index is -0.000000595. The maximum Gasteiger partial charge on any atom is 0.320 e. The first-order valence-corrected chi connectivity index (χ1v) is 7.55. The Hall–Kier alpha value is -0.766. The van der Waals surface area contributed by atoms with E-state index in [4.69, 9.17) is 5.11 Å². The van der Waals surface area contributed by atoms with Crippen LogP contribution >= 0.6 is 0 Å². The van der Waals surface area contributed by atoms with Crippen LogP contribution in [0.1, 0.15) is 52.7 Å². The minimum Gasteiger partial charge on any atom is -0.480 e. The molecule has 1 unspecified atom stereocenters. The second-order valence-corrected chi connectivity index (χ2v) is 4.10. The SMILES string of the molecule is CC.CC.CCc1ccc(CN(C)C(C)C(=O)O)cc1.[V]. The number of aryl methyl sites for hydroxylation is 1. The summed E-state index contributed by atoms with van der Waals surface area (Å²) in [7, 11) is 1.83. The van der Waals surface area contributed by atoms with Gasteiger partial charge in [-0.15, -0.1) is 0 Å². The molecule has 1 aromatic carbocycles. The zero-order chi connectivity index (χ0) is 16.1. The third kappa shape index (κ3) is 10.6. The Morgan fingerprint density at radius 1 is 1.10 bits per heavy atom. The largest absolute Gasteiger partial charge is 0.480 e. The van der Waals surface area contributed by atoms with Crippen molar-refractivity contribution in [2.45, 2.75) is 60.5 Å². The minimum absolute atomic E-state index is 0. The zero-order valence-electron chi connectivity index (χ0n) is 14.6. The number of rotatable bonds is 5. The predicted molar refractivity (Wildman–Crippen MR) is 87.1 cm³/mol. The third-order valence-corrected chi connectivity index (χ3v) is 2.88. The van der Waals surface area contributed by atoms with E-state index < -0.39 is 12.0 Å². The van der Waals surface area contributed by atoms with Gasteiger partial charge in [-0.25, -0.2) is 0 Å². The van der Waals surface area contributed by atoms with Crippen molar-refractivity contribution in [3.05, 3.63) is 35.4 Å². The van der Waals surface area contributed by atoms with Gasteiger partial charge in [0.25, 0.3) is 0 Å². The van der Waals surface area contributed by atoms with Crippen LogP contribution in [-0.4, -0.2) is 29.1 Å². The summed E-state index contributed by atoms with van der Waals surface area (Å²) in [6.45, 7) is 12.5. The van der Waals surface area contributed by atoms with Crippen LogP contribution in [0.2, 0.25) is 0 Å². The molecule has 21 heavy (non-hydrogen) atoms. The Bertz CT molecular complexity index is 352. The average molecular weight is 332 g/mol. The molecule has 1 N–H and O–H groups in total. The first kappa shape index (κ1) is 25.2. The van der Waals surface area contributed by atoms with Gasteiger partial charge in [-0.1, -0.05) is 58.9 Å². The van der Waals surface area contributed by atoms with Crippen LogP contribution in [0.4, 0.5) is 0 Å². The van der Waals surface area contributed by atoms with E-state index in [2.05, 4.69) is 31.2 Å². The van der Waals surface area contributed by atoms with Gasteiger partial charge < -0.3 is 5.11 Å². The van der Waals surface area contributed by atoms with E-state index >= 15 is 0 Å². The van der Waals surface area contributed by atoms with E-state index in [1.54, 1.807) is 6.92 Å². The molecule has 0 amide bonds. The van der Waals surface area contributed by atoms with Gasteiger partial charge in [0.15, 0.2) is 0 Å². The van der Waals surface area contributed by atoms with Crippen molar-refractivity contribution in [2.24, 2.45) is 0 Å². The molecule has 1 atom stereocenters. The van der Waals surface area contributed by atoms with Crippen molar-refractivity contribution in [2.75, 3.05) is 7.05 Å². The number of carbonyl (C=O) groups is 1. The maximum atomic E-state index is 10.8. The summed E-state index contributed by atoms with van der Waals surface area (Å²) in [6, 6.07) is 7.85. The van der Waals surface area contributed by atoms with Crippen LogP contribution in [0.3, 0.4) is 0 Å². The number of nitrogens with zero attached hydrogens (tertiary/aromatic N) is 1. The normalized spacial score (nSPS) is 10.3. The molecule has 0 aliphatic heterocycles. The van der Waals surface area contributed by atoms with Crippen molar-refractivity contribution in [1.82, 2.24) is 4.90 Å². The van der Waals surface area contributed by atoms with E-state index in [1.807, 2.05) is 39.6 Å². The van der Waals surface area contributed by atoms with Gasteiger partial charge >= 0.3 is 5.97 Å². The summed E-state index contributed by atoms with van der Waals surface area (Å²) in [5.41, 5.74) is 2.45. The fourth-order valence-electron chi connectivity index (χ4n) is 1.49. The number of aliphatic carboxylic acids is 1. The molecule has 1 radical (unpaired) electrons. The molecule has 0 saturated carbocycles. The van der Waals surface area contributed by atoms with E-state index in [-0.39, 0.29) is 18.6 Å². The average Bonchev–Trinajstić information content (AvgIpc) is 2.51. The molecule has 121 valence electrons. The van der Waals surface area contributed by atoms with Crippen molar-refractivity contribution >= 4 is 5.97 Å². The Labute approximate surface area is 142 Å². The summed E-state index contributed by atoms with van der Waals surface area (Å²) in [5, 5.41) is 8.87. The molecule has 1 aromatic rings. The smallest absolute Gasteiger partial charge is 0.320 e. The van der Waals surface area contributed by atoms with Crippen molar-refractivity contribution in [1.29, 1.82) is 0 Å². The summed E-state index contributed by atoms with van der Waals surface area (Å²) < 4.78 is 0. The van der Waals surface area contributed by atoms with Gasteiger partial charge in [-0.2, -0.15) is 0 Å². The topological polar surface area (TPSA) is 40.5 Å². The van der Waals surface area contributed by atoms with E-state index in [0.717, 1.165) is 12.0 Å². The first-order chi connectivity index (χ1) is 9.54. The van der Waals surface area contributed by atoms with Crippen LogP contribution in [0.15, 0.2) is 24.3 Å². The summed E-state index contributed by atoms with van der Waals surface area (Å²) in [4.78, 5) is 12.6. The third-order valence-electron chi connectivity index (χ3n) is 2.88. The molecular formula is C17H31NO2V. The summed E-state index contributed by atoms with van der Waals surface area (Å²) in [5.74, 6) is -0.785. The van der Waals surface area contributed by atoms with Crippen LogP contribution in [0.5, 0.6) is 0 Å². The van der Waals surface area contributed by atoms with Gasteiger partial charge in [0.1, 0.15) is 6.04 Å². The molecular weight excluding hydrogens is 301 g/mol. The van der Waals surface area contributed by atoms with E-state index in [1.165, 1.54) is 5.56 Å². The van der Waals surface area contributed by atoms with Gasteiger partial charge in [0.05, 0.1) is 0 Å². The first-order valence-electron chi connectivity index (χ1n) is 7.55. The van der Waals surface area contributed by atoms with Crippen LogP contribution in [-0.2, 0) is 36.3 Å². The molecule has 4 heteroatoms.